The summed E-state index contributed by atoms with van der Waals surface area (Å²) in [5.74, 6) is 0.787. The van der Waals surface area contributed by atoms with Crippen LogP contribution in [0.4, 0.5) is 5.82 Å². The summed E-state index contributed by atoms with van der Waals surface area (Å²) in [5, 5.41) is 10.1. The van der Waals surface area contributed by atoms with Gasteiger partial charge in [-0.3, -0.25) is 4.79 Å². The molecule has 1 atom stereocenters. The Morgan fingerprint density at radius 3 is 2.71 bits per heavy atom. The molecule has 2 fully saturated rings. The van der Waals surface area contributed by atoms with E-state index in [1.807, 2.05) is 28.9 Å². The molecule has 0 bridgehead atoms. The number of anilines is 1. The van der Waals surface area contributed by atoms with Crippen LogP contribution in [0.3, 0.4) is 0 Å². The number of nitrogens with zero attached hydrogens (tertiary/aromatic N) is 3. The molecule has 21 heavy (non-hydrogen) atoms. The highest BCUT2D eigenvalue weighted by molar-refractivity contribution is 5.99. The SMILES string of the molecule is CC1(O)CCN(c2ncccc2C(=O)N2CCCCC2)C1. The van der Waals surface area contributed by atoms with Crippen LogP contribution in [0, 0.1) is 0 Å². The molecule has 3 rings (SSSR count). The van der Waals surface area contributed by atoms with E-state index in [1.54, 1.807) is 6.20 Å². The first kappa shape index (κ1) is 14.3. The van der Waals surface area contributed by atoms with E-state index in [2.05, 4.69) is 4.98 Å². The van der Waals surface area contributed by atoms with Crippen LogP contribution < -0.4 is 4.90 Å². The van der Waals surface area contributed by atoms with E-state index >= 15 is 0 Å². The Labute approximate surface area is 125 Å². The van der Waals surface area contributed by atoms with Crippen LogP contribution in [-0.4, -0.2) is 52.7 Å². The lowest BCUT2D eigenvalue weighted by Gasteiger charge is -2.28. The Bertz CT molecular complexity index is 524. The number of pyridine rings is 1. The fourth-order valence-corrected chi connectivity index (χ4v) is 3.21. The van der Waals surface area contributed by atoms with Gasteiger partial charge in [-0.25, -0.2) is 4.98 Å². The largest absolute Gasteiger partial charge is 0.388 e. The third-order valence-corrected chi connectivity index (χ3v) is 4.41. The van der Waals surface area contributed by atoms with Crippen LogP contribution in [0.15, 0.2) is 18.3 Å². The molecule has 5 heteroatoms. The molecule has 0 aliphatic carbocycles. The first-order chi connectivity index (χ1) is 10.1. The van der Waals surface area contributed by atoms with E-state index in [0.717, 1.165) is 32.5 Å². The zero-order valence-corrected chi connectivity index (χ0v) is 12.6. The lowest BCUT2D eigenvalue weighted by molar-refractivity contribution is 0.0722. The molecule has 0 aromatic carbocycles. The monoisotopic (exact) mass is 289 g/mol. The quantitative estimate of drug-likeness (QED) is 0.900. The minimum Gasteiger partial charge on any atom is -0.388 e. The van der Waals surface area contributed by atoms with Crippen molar-refractivity contribution in [2.75, 3.05) is 31.1 Å². The average Bonchev–Trinajstić information content (AvgIpc) is 2.87. The summed E-state index contributed by atoms with van der Waals surface area (Å²) < 4.78 is 0. The van der Waals surface area contributed by atoms with Crippen LogP contribution >= 0.6 is 0 Å². The maximum atomic E-state index is 12.7. The highest BCUT2D eigenvalue weighted by Crippen LogP contribution is 2.28. The second-order valence-corrected chi connectivity index (χ2v) is 6.40. The van der Waals surface area contributed by atoms with Crippen LogP contribution in [0.5, 0.6) is 0 Å². The zero-order chi connectivity index (χ0) is 14.9. The van der Waals surface area contributed by atoms with Crippen molar-refractivity contribution in [3.63, 3.8) is 0 Å². The molecule has 2 aliphatic heterocycles. The number of likely N-dealkylation sites (tertiary alicyclic amines) is 1. The van der Waals surface area contributed by atoms with Crippen molar-refractivity contribution >= 4 is 11.7 Å². The van der Waals surface area contributed by atoms with Gasteiger partial charge >= 0.3 is 0 Å². The van der Waals surface area contributed by atoms with E-state index in [-0.39, 0.29) is 5.91 Å². The predicted molar refractivity (Wildman–Crippen MR) is 81.4 cm³/mol. The smallest absolute Gasteiger partial charge is 0.257 e. The molecule has 1 aromatic heterocycles. The molecule has 1 aromatic rings. The number of hydrogen-bond acceptors (Lipinski definition) is 4. The molecule has 0 saturated carbocycles. The van der Waals surface area contributed by atoms with Crippen LogP contribution in [-0.2, 0) is 0 Å². The van der Waals surface area contributed by atoms with E-state index in [1.165, 1.54) is 6.42 Å². The van der Waals surface area contributed by atoms with Gasteiger partial charge in [0.05, 0.1) is 11.2 Å². The van der Waals surface area contributed by atoms with Gasteiger partial charge in [-0.1, -0.05) is 0 Å². The van der Waals surface area contributed by atoms with Crippen LogP contribution in [0.25, 0.3) is 0 Å². The Morgan fingerprint density at radius 2 is 2.05 bits per heavy atom. The van der Waals surface area contributed by atoms with E-state index < -0.39 is 5.60 Å². The van der Waals surface area contributed by atoms with Crippen molar-refractivity contribution in [3.8, 4) is 0 Å². The number of carbonyl (C=O) groups is 1. The Morgan fingerprint density at radius 1 is 1.29 bits per heavy atom. The Balaban J connectivity index is 1.84. The van der Waals surface area contributed by atoms with Gasteiger partial charge in [-0.05, 0) is 44.7 Å². The molecule has 1 amide bonds. The number of β-amino-alcohol motifs (C(OH)–C–C–N with tert-alkyl or cyclic N) is 1. The van der Waals surface area contributed by atoms with Gasteiger partial charge < -0.3 is 14.9 Å². The van der Waals surface area contributed by atoms with Gasteiger partial charge in [0.15, 0.2) is 0 Å². The van der Waals surface area contributed by atoms with Gasteiger partial charge in [0.2, 0.25) is 0 Å². The van der Waals surface area contributed by atoms with Gasteiger partial charge in [-0.2, -0.15) is 0 Å². The molecule has 5 nitrogen and oxygen atoms in total. The molecular formula is C16H23N3O2. The summed E-state index contributed by atoms with van der Waals surface area (Å²) in [4.78, 5) is 21.1. The van der Waals surface area contributed by atoms with Gasteiger partial charge in [-0.15, -0.1) is 0 Å². The summed E-state index contributed by atoms with van der Waals surface area (Å²) in [7, 11) is 0. The van der Waals surface area contributed by atoms with Crippen molar-refractivity contribution in [1.29, 1.82) is 0 Å². The zero-order valence-electron chi connectivity index (χ0n) is 12.6. The number of amides is 1. The van der Waals surface area contributed by atoms with Gasteiger partial charge in [0.25, 0.3) is 5.91 Å². The van der Waals surface area contributed by atoms with Gasteiger partial charge in [0.1, 0.15) is 5.82 Å². The highest BCUT2D eigenvalue weighted by atomic mass is 16.3. The standard InChI is InChI=1S/C16H23N3O2/c1-16(21)7-11-19(12-16)14-13(6-5-8-17-14)15(20)18-9-3-2-4-10-18/h5-6,8,21H,2-4,7,9-12H2,1H3. The van der Waals surface area contributed by atoms with Crippen molar-refractivity contribution in [3.05, 3.63) is 23.9 Å². The number of aromatic nitrogens is 1. The first-order valence-corrected chi connectivity index (χ1v) is 7.78. The normalized spacial score (nSPS) is 26.2. The van der Waals surface area contributed by atoms with Gasteiger partial charge in [0, 0.05) is 32.4 Å². The lowest BCUT2D eigenvalue weighted by atomic mass is 10.1. The third-order valence-electron chi connectivity index (χ3n) is 4.41. The lowest BCUT2D eigenvalue weighted by Crippen LogP contribution is -2.37. The summed E-state index contributed by atoms with van der Waals surface area (Å²) in [6.07, 6.45) is 5.80. The summed E-state index contributed by atoms with van der Waals surface area (Å²) in [5.41, 5.74) is -0.0275. The third kappa shape index (κ3) is 3.02. The maximum Gasteiger partial charge on any atom is 0.257 e. The number of hydrogen-bond donors (Lipinski definition) is 1. The predicted octanol–water partition coefficient (Wildman–Crippen LogP) is 1.67. The van der Waals surface area contributed by atoms with E-state index in [0.29, 0.717) is 24.3 Å². The molecular weight excluding hydrogens is 266 g/mol. The summed E-state index contributed by atoms with van der Waals surface area (Å²) >= 11 is 0. The number of rotatable bonds is 2. The minimum atomic E-state index is -0.692. The van der Waals surface area contributed by atoms with E-state index in [4.69, 9.17) is 0 Å². The molecule has 0 radical (unpaired) electrons. The minimum absolute atomic E-state index is 0.0735. The second kappa shape index (κ2) is 5.64. The molecule has 114 valence electrons. The molecule has 2 saturated heterocycles. The van der Waals surface area contributed by atoms with Crippen LogP contribution in [0.2, 0.25) is 0 Å². The Kier molecular flexibility index (Phi) is 3.85. The number of aliphatic hydroxyl groups is 1. The molecule has 1 unspecified atom stereocenters. The van der Waals surface area contributed by atoms with Crippen molar-refractivity contribution in [1.82, 2.24) is 9.88 Å². The topological polar surface area (TPSA) is 56.7 Å². The van der Waals surface area contributed by atoms with Crippen molar-refractivity contribution in [2.24, 2.45) is 0 Å². The van der Waals surface area contributed by atoms with Crippen LogP contribution in [0.1, 0.15) is 43.0 Å². The summed E-state index contributed by atoms with van der Waals surface area (Å²) in [6, 6.07) is 3.67. The first-order valence-electron chi connectivity index (χ1n) is 7.78. The average molecular weight is 289 g/mol. The van der Waals surface area contributed by atoms with Crippen molar-refractivity contribution in [2.45, 2.75) is 38.2 Å². The van der Waals surface area contributed by atoms with Crippen molar-refractivity contribution < 1.29 is 9.90 Å². The molecule has 3 heterocycles. The molecule has 2 aliphatic rings. The fraction of sp³-hybridized carbons (Fsp3) is 0.625. The highest BCUT2D eigenvalue weighted by Gasteiger charge is 2.34. The number of piperidine rings is 1. The van der Waals surface area contributed by atoms with E-state index in [9.17, 15) is 9.90 Å². The fourth-order valence-electron chi connectivity index (χ4n) is 3.21. The second-order valence-electron chi connectivity index (χ2n) is 6.40. The molecule has 1 N–H and O–H groups in total. The number of carbonyl (C=O) groups excluding carboxylic acids is 1. The maximum absolute atomic E-state index is 12.7. The summed E-state index contributed by atoms with van der Waals surface area (Å²) in [6.45, 7) is 4.78. The Hall–Kier alpha value is -1.62. The molecule has 0 spiro atoms.